The Morgan fingerprint density at radius 3 is 2.61 bits per heavy atom. The van der Waals surface area contributed by atoms with Gasteiger partial charge in [-0.1, -0.05) is 12.1 Å². The van der Waals surface area contributed by atoms with E-state index in [0.29, 0.717) is 23.2 Å². The van der Waals surface area contributed by atoms with E-state index in [2.05, 4.69) is 4.98 Å². The van der Waals surface area contributed by atoms with E-state index in [-0.39, 0.29) is 22.9 Å². The van der Waals surface area contributed by atoms with Crippen molar-refractivity contribution in [3.8, 4) is 0 Å². The van der Waals surface area contributed by atoms with Gasteiger partial charge in [-0.05, 0) is 56.2 Å². The molecule has 164 valence electrons. The maximum absolute atomic E-state index is 13.7. The van der Waals surface area contributed by atoms with Gasteiger partial charge >= 0.3 is 12.5 Å². The van der Waals surface area contributed by atoms with E-state index in [4.69, 9.17) is 4.74 Å². The van der Waals surface area contributed by atoms with Crippen LogP contribution >= 0.6 is 0 Å². The number of para-hydroxylation sites is 2. The minimum absolute atomic E-state index is 0.0532. The minimum Gasteiger partial charge on any atom is -0.451 e. The first-order valence-electron chi connectivity index (χ1n) is 9.66. The number of ether oxygens (including phenoxy) is 1. The SMILES string of the molecule is CC(OC(=O)c1ccc2c(c1)CC(C)N2S(C)(=O)=O)c1nc2ccccc2n1C(F)F. The summed E-state index contributed by atoms with van der Waals surface area (Å²) >= 11 is 0. The van der Waals surface area contributed by atoms with Crippen molar-refractivity contribution in [2.24, 2.45) is 0 Å². The van der Waals surface area contributed by atoms with Gasteiger partial charge in [0.15, 0.2) is 11.9 Å². The van der Waals surface area contributed by atoms with Crippen LogP contribution in [0.1, 0.15) is 48.2 Å². The Bertz CT molecular complexity index is 1270. The van der Waals surface area contributed by atoms with Gasteiger partial charge in [-0.3, -0.25) is 8.87 Å². The predicted molar refractivity (Wildman–Crippen MR) is 112 cm³/mol. The summed E-state index contributed by atoms with van der Waals surface area (Å²) in [5, 5.41) is 0. The lowest BCUT2D eigenvalue weighted by Gasteiger charge is -2.22. The van der Waals surface area contributed by atoms with E-state index in [1.54, 1.807) is 37.3 Å². The van der Waals surface area contributed by atoms with Gasteiger partial charge in [0.1, 0.15) is 0 Å². The molecule has 0 bridgehead atoms. The number of nitrogens with zero attached hydrogens (tertiary/aromatic N) is 3. The van der Waals surface area contributed by atoms with E-state index in [1.807, 2.05) is 0 Å². The number of fused-ring (bicyclic) bond motifs is 2. The zero-order chi connectivity index (χ0) is 22.5. The molecule has 1 aliphatic rings. The molecular formula is C21H21F2N3O4S. The summed E-state index contributed by atoms with van der Waals surface area (Å²) in [5.74, 6) is -0.754. The van der Waals surface area contributed by atoms with Crippen molar-refractivity contribution < 1.29 is 26.7 Å². The van der Waals surface area contributed by atoms with Crippen molar-refractivity contribution in [3.63, 3.8) is 0 Å². The maximum Gasteiger partial charge on any atom is 0.338 e. The summed E-state index contributed by atoms with van der Waals surface area (Å²) in [4.78, 5) is 16.9. The number of hydrogen-bond donors (Lipinski definition) is 0. The first-order valence-corrected chi connectivity index (χ1v) is 11.5. The number of carbonyl (C=O) groups excluding carboxylic acids is 1. The number of sulfonamides is 1. The van der Waals surface area contributed by atoms with Crippen LogP contribution in [0.15, 0.2) is 42.5 Å². The standard InChI is InChI=1S/C21H21F2N3O4S/c1-12-10-15-11-14(8-9-17(15)26(12)31(3,28)29)20(27)30-13(2)19-24-16-6-4-5-7-18(16)25(19)21(22)23/h4-9,11-13,21H,10H2,1-3H3. The summed E-state index contributed by atoms with van der Waals surface area (Å²) in [5.41, 5.74) is 2.09. The number of alkyl halides is 2. The van der Waals surface area contributed by atoms with E-state index < -0.39 is 28.6 Å². The normalized spacial score (nSPS) is 17.2. The third-order valence-electron chi connectivity index (χ3n) is 5.29. The van der Waals surface area contributed by atoms with Crippen LogP contribution in [0.3, 0.4) is 0 Å². The summed E-state index contributed by atoms with van der Waals surface area (Å²) in [6, 6.07) is 10.8. The molecule has 1 aliphatic heterocycles. The van der Waals surface area contributed by atoms with Crippen LogP contribution < -0.4 is 4.31 Å². The Kier molecular flexibility index (Phi) is 5.20. The molecule has 0 N–H and O–H groups in total. The van der Waals surface area contributed by atoms with Gasteiger partial charge in [0, 0.05) is 6.04 Å². The van der Waals surface area contributed by atoms with Gasteiger partial charge in [-0.15, -0.1) is 0 Å². The van der Waals surface area contributed by atoms with Crippen LogP contribution in [0.4, 0.5) is 14.5 Å². The minimum atomic E-state index is -3.44. The largest absolute Gasteiger partial charge is 0.451 e. The Hall–Kier alpha value is -3.01. The Balaban J connectivity index is 1.61. The highest BCUT2D eigenvalue weighted by Crippen LogP contribution is 2.35. The molecule has 0 amide bonds. The predicted octanol–water partition coefficient (Wildman–Crippen LogP) is 4.06. The number of carbonyl (C=O) groups is 1. The van der Waals surface area contributed by atoms with Crippen LogP contribution in [-0.4, -0.2) is 36.2 Å². The van der Waals surface area contributed by atoms with E-state index in [9.17, 15) is 22.0 Å². The van der Waals surface area contributed by atoms with Crippen LogP contribution in [0, 0.1) is 0 Å². The van der Waals surface area contributed by atoms with Crippen molar-refractivity contribution in [1.29, 1.82) is 0 Å². The number of benzene rings is 2. The summed E-state index contributed by atoms with van der Waals surface area (Å²) in [6.45, 7) is 0.432. The van der Waals surface area contributed by atoms with Gasteiger partial charge in [-0.25, -0.2) is 18.2 Å². The molecule has 2 aromatic carbocycles. The zero-order valence-corrected chi connectivity index (χ0v) is 17.9. The quantitative estimate of drug-likeness (QED) is 0.549. The number of aromatic nitrogens is 2. The lowest BCUT2D eigenvalue weighted by atomic mass is 10.1. The average molecular weight is 449 g/mol. The summed E-state index contributed by atoms with van der Waals surface area (Å²) in [6.07, 6.45) is 0.575. The third-order valence-corrected chi connectivity index (χ3v) is 6.56. The first-order chi connectivity index (χ1) is 14.6. The van der Waals surface area contributed by atoms with Crippen molar-refractivity contribution in [2.45, 2.75) is 39.0 Å². The highest BCUT2D eigenvalue weighted by Gasteiger charge is 2.33. The third kappa shape index (κ3) is 3.76. The van der Waals surface area contributed by atoms with Crippen molar-refractivity contribution in [3.05, 3.63) is 59.4 Å². The van der Waals surface area contributed by atoms with Crippen LogP contribution in [0.5, 0.6) is 0 Å². The monoisotopic (exact) mass is 449 g/mol. The van der Waals surface area contributed by atoms with Gasteiger partial charge < -0.3 is 4.74 Å². The zero-order valence-electron chi connectivity index (χ0n) is 17.1. The Labute approximate surface area is 178 Å². The van der Waals surface area contributed by atoms with E-state index in [0.717, 1.165) is 10.8 Å². The molecule has 4 rings (SSSR count). The second-order valence-corrected chi connectivity index (χ2v) is 9.47. The lowest BCUT2D eigenvalue weighted by molar-refractivity contribution is 0.0233. The molecule has 0 fully saturated rings. The number of anilines is 1. The van der Waals surface area contributed by atoms with Crippen LogP contribution in [0.2, 0.25) is 0 Å². The molecule has 7 nitrogen and oxygen atoms in total. The highest BCUT2D eigenvalue weighted by atomic mass is 32.2. The molecule has 2 atom stereocenters. The lowest BCUT2D eigenvalue weighted by Crippen LogP contribution is -2.34. The number of imidazole rings is 1. The molecule has 0 radical (unpaired) electrons. The number of esters is 1. The second-order valence-electron chi connectivity index (χ2n) is 7.61. The number of rotatable bonds is 5. The van der Waals surface area contributed by atoms with Crippen molar-refractivity contribution in [2.75, 3.05) is 10.6 Å². The molecule has 3 aromatic rings. The molecule has 10 heteroatoms. The average Bonchev–Trinajstić information content (AvgIpc) is 3.23. The van der Waals surface area contributed by atoms with E-state index >= 15 is 0 Å². The molecule has 31 heavy (non-hydrogen) atoms. The van der Waals surface area contributed by atoms with Gasteiger partial charge in [0.2, 0.25) is 10.0 Å². The second kappa shape index (κ2) is 7.60. The van der Waals surface area contributed by atoms with E-state index in [1.165, 1.54) is 23.4 Å². The number of halogens is 2. The van der Waals surface area contributed by atoms with Crippen LogP contribution in [-0.2, 0) is 21.2 Å². The fraction of sp³-hybridized carbons (Fsp3) is 0.333. The Morgan fingerprint density at radius 2 is 1.94 bits per heavy atom. The van der Waals surface area contributed by atoms with Crippen molar-refractivity contribution in [1.82, 2.24) is 9.55 Å². The fourth-order valence-corrected chi connectivity index (χ4v) is 5.34. The van der Waals surface area contributed by atoms with Crippen LogP contribution in [0.25, 0.3) is 11.0 Å². The van der Waals surface area contributed by atoms with Gasteiger partial charge in [-0.2, -0.15) is 8.78 Å². The molecule has 0 aliphatic carbocycles. The molecular weight excluding hydrogens is 428 g/mol. The fourth-order valence-electron chi connectivity index (χ4n) is 4.07. The van der Waals surface area contributed by atoms with Gasteiger partial charge in [0.05, 0.1) is 28.5 Å². The molecule has 0 saturated carbocycles. The maximum atomic E-state index is 13.7. The molecule has 2 unspecified atom stereocenters. The summed E-state index contributed by atoms with van der Waals surface area (Å²) < 4.78 is 58.9. The molecule has 2 heterocycles. The summed E-state index contributed by atoms with van der Waals surface area (Å²) in [7, 11) is -3.44. The topological polar surface area (TPSA) is 81.5 Å². The van der Waals surface area contributed by atoms with Gasteiger partial charge in [0.25, 0.3) is 0 Å². The highest BCUT2D eigenvalue weighted by molar-refractivity contribution is 7.92. The Morgan fingerprint density at radius 1 is 1.23 bits per heavy atom. The van der Waals surface area contributed by atoms with Crippen molar-refractivity contribution >= 4 is 32.7 Å². The smallest absolute Gasteiger partial charge is 0.338 e. The first kappa shape index (κ1) is 21.2. The molecule has 1 aromatic heterocycles. The number of hydrogen-bond acceptors (Lipinski definition) is 5. The molecule has 0 spiro atoms. The molecule has 0 saturated heterocycles.